The lowest BCUT2D eigenvalue weighted by Crippen LogP contribution is -2.39. The molecule has 156 valence electrons. The molecule has 0 radical (unpaired) electrons. The lowest BCUT2D eigenvalue weighted by atomic mass is 10.2. The maximum Gasteiger partial charge on any atom is 0.264 e. The lowest BCUT2D eigenvalue weighted by molar-refractivity contribution is -0.119. The van der Waals surface area contributed by atoms with E-state index in [9.17, 15) is 13.2 Å². The minimum absolute atomic E-state index is 0.0794. The van der Waals surface area contributed by atoms with Crippen LogP contribution in [0, 0.1) is 6.92 Å². The molecule has 0 aliphatic rings. The molecule has 2 aromatic carbocycles. The zero-order valence-electron chi connectivity index (χ0n) is 16.5. The van der Waals surface area contributed by atoms with E-state index in [-0.39, 0.29) is 4.90 Å². The van der Waals surface area contributed by atoms with Crippen LogP contribution in [0.4, 0.5) is 5.69 Å². The summed E-state index contributed by atoms with van der Waals surface area (Å²) in [7, 11) is -2.48. The van der Waals surface area contributed by atoms with E-state index in [1.165, 1.54) is 31.7 Å². The summed E-state index contributed by atoms with van der Waals surface area (Å²) < 4.78 is 37.8. The number of carbonyl (C=O) groups excluding carboxylic acids is 1. The monoisotopic (exact) mass is 427 g/mol. The van der Waals surface area contributed by atoms with E-state index in [1.54, 1.807) is 48.5 Å². The molecule has 0 aliphatic heterocycles. The zero-order valence-corrected chi connectivity index (χ0v) is 17.3. The third-order valence-electron chi connectivity index (χ3n) is 4.18. The highest BCUT2D eigenvalue weighted by molar-refractivity contribution is 7.92. The van der Waals surface area contributed by atoms with Crippen LogP contribution in [-0.4, -0.2) is 34.2 Å². The number of anilines is 1. The summed E-state index contributed by atoms with van der Waals surface area (Å²) in [5.74, 6) is 0.415. The first-order chi connectivity index (χ1) is 14.4. The number of hydrazone groups is 1. The van der Waals surface area contributed by atoms with E-state index in [0.717, 1.165) is 9.87 Å². The van der Waals surface area contributed by atoms with Gasteiger partial charge < -0.3 is 9.15 Å². The Hall–Kier alpha value is -3.59. The van der Waals surface area contributed by atoms with Crippen molar-refractivity contribution in [2.45, 2.75) is 11.8 Å². The fourth-order valence-electron chi connectivity index (χ4n) is 2.60. The minimum atomic E-state index is -3.99. The second kappa shape index (κ2) is 9.27. The maximum absolute atomic E-state index is 13.3. The Kier molecular flexibility index (Phi) is 6.53. The largest absolute Gasteiger partial charge is 0.497 e. The zero-order chi connectivity index (χ0) is 21.6. The Bertz CT molecular complexity index is 1110. The van der Waals surface area contributed by atoms with Gasteiger partial charge in [-0.2, -0.15) is 5.10 Å². The van der Waals surface area contributed by atoms with Gasteiger partial charge in [0.25, 0.3) is 15.9 Å². The first-order valence-electron chi connectivity index (χ1n) is 8.99. The van der Waals surface area contributed by atoms with E-state index in [0.29, 0.717) is 17.2 Å². The van der Waals surface area contributed by atoms with Crippen molar-refractivity contribution in [3.63, 3.8) is 0 Å². The first kappa shape index (κ1) is 21.1. The predicted octanol–water partition coefficient (Wildman–Crippen LogP) is 2.94. The molecule has 30 heavy (non-hydrogen) atoms. The number of ether oxygens (including phenoxy) is 1. The molecule has 0 saturated heterocycles. The Morgan fingerprint density at radius 3 is 2.43 bits per heavy atom. The van der Waals surface area contributed by atoms with Gasteiger partial charge in [-0.05, 0) is 55.5 Å². The molecule has 1 amide bonds. The molecule has 0 unspecified atom stereocenters. The highest BCUT2D eigenvalue weighted by Gasteiger charge is 2.27. The average molecular weight is 427 g/mol. The first-order valence-corrected chi connectivity index (χ1v) is 10.4. The quantitative estimate of drug-likeness (QED) is 0.440. The van der Waals surface area contributed by atoms with Crippen molar-refractivity contribution in [3.8, 4) is 5.75 Å². The van der Waals surface area contributed by atoms with Gasteiger partial charge in [-0.25, -0.2) is 13.8 Å². The molecule has 0 saturated carbocycles. The second-order valence-corrected chi connectivity index (χ2v) is 8.19. The van der Waals surface area contributed by atoms with Crippen LogP contribution in [-0.2, 0) is 14.8 Å². The average Bonchev–Trinajstić information content (AvgIpc) is 3.26. The number of nitrogens with one attached hydrogen (secondary N) is 1. The van der Waals surface area contributed by atoms with Gasteiger partial charge in [0.05, 0.1) is 30.2 Å². The highest BCUT2D eigenvalue weighted by atomic mass is 32.2. The molecule has 1 N–H and O–H groups in total. The Morgan fingerprint density at radius 1 is 1.13 bits per heavy atom. The summed E-state index contributed by atoms with van der Waals surface area (Å²) in [6, 6.07) is 16.2. The third-order valence-corrected chi connectivity index (χ3v) is 5.97. The van der Waals surface area contributed by atoms with Crippen LogP contribution in [0.3, 0.4) is 0 Å². The van der Waals surface area contributed by atoms with Crippen molar-refractivity contribution in [3.05, 3.63) is 78.3 Å². The fraction of sp³-hybridized carbons (Fsp3) is 0.143. The molecule has 0 aliphatic carbocycles. The number of amides is 1. The van der Waals surface area contributed by atoms with Crippen molar-refractivity contribution < 1.29 is 22.4 Å². The van der Waals surface area contributed by atoms with Gasteiger partial charge in [0.15, 0.2) is 0 Å². The molecule has 0 fully saturated rings. The Labute approximate surface area is 174 Å². The van der Waals surface area contributed by atoms with Gasteiger partial charge in [0.1, 0.15) is 18.1 Å². The van der Waals surface area contributed by atoms with Crippen molar-refractivity contribution in [1.82, 2.24) is 5.43 Å². The van der Waals surface area contributed by atoms with Crippen LogP contribution in [0.2, 0.25) is 0 Å². The number of methoxy groups -OCH3 is 1. The summed E-state index contributed by atoms with van der Waals surface area (Å²) >= 11 is 0. The highest BCUT2D eigenvalue weighted by Crippen LogP contribution is 2.25. The van der Waals surface area contributed by atoms with Crippen molar-refractivity contribution >= 4 is 27.8 Å². The number of hydrogen-bond acceptors (Lipinski definition) is 6. The van der Waals surface area contributed by atoms with Crippen LogP contribution < -0.4 is 14.5 Å². The molecule has 0 spiro atoms. The maximum atomic E-state index is 13.3. The van der Waals surface area contributed by atoms with E-state index in [1.807, 2.05) is 6.92 Å². The number of rotatable bonds is 8. The molecule has 3 rings (SSSR count). The molecule has 0 atom stereocenters. The minimum Gasteiger partial charge on any atom is -0.497 e. The number of hydrogen-bond donors (Lipinski definition) is 1. The summed E-state index contributed by atoms with van der Waals surface area (Å²) in [5, 5.41) is 3.79. The molecule has 8 nitrogen and oxygen atoms in total. The molecular weight excluding hydrogens is 406 g/mol. The molecule has 3 aromatic rings. The number of carbonyl (C=O) groups is 1. The van der Waals surface area contributed by atoms with Crippen LogP contribution in [0.25, 0.3) is 0 Å². The number of aryl methyl sites for hydroxylation is 1. The summed E-state index contributed by atoms with van der Waals surface area (Å²) in [4.78, 5) is 12.5. The molecule has 1 aromatic heterocycles. The van der Waals surface area contributed by atoms with Crippen molar-refractivity contribution in [2.75, 3.05) is 18.0 Å². The second-order valence-electron chi connectivity index (χ2n) is 6.33. The van der Waals surface area contributed by atoms with Crippen molar-refractivity contribution in [2.24, 2.45) is 5.10 Å². The molecule has 9 heteroatoms. The number of furan rings is 1. The predicted molar refractivity (Wildman–Crippen MR) is 113 cm³/mol. The molecular formula is C21H21N3O5S. The van der Waals surface area contributed by atoms with Crippen LogP contribution >= 0.6 is 0 Å². The number of benzene rings is 2. The standard InChI is InChI=1S/C21H21N3O5S/c1-16-5-11-20(12-6-16)30(26,27)24(17-7-9-18(28-2)10-8-17)15-21(25)23-22-14-19-4-3-13-29-19/h3-14H,15H2,1-2H3,(H,23,25)/b22-14+. The van der Waals surface area contributed by atoms with Gasteiger partial charge in [-0.1, -0.05) is 17.7 Å². The third kappa shape index (κ3) is 5.06. The summed E-state index contributed by atoms with van der Waals surface area (Å²) in [6.45, 7) is 1.40. The van der Waals surface area contributed by atoms with Gasteiger partial charge in [-0.3, -0.25) is 9.10 Å². The summed E-state index contributed by atoms with van der Waals surface area (Å²) in [6.07, 6.45) is 2.80. The van der Waals surface area contributed by atoms with Gasteiger partial charge in [0.2, 0.25) is 0 Å². The summed E-state index contributed by atoms with van der Waals surface area (Å²) in [5.41, 5.74) is 3.56. The SMILES string of the molecule is COc1ccc(N(CC(=O)N/N=C/c2ccco2)S(=O)(=O)c2ccc(C)cc2)cc1. The van der Waals surface area contributed by atoms with E-state index >= 15 is 0 Å². The normalized spacial score (nSPS) is 11.4. The van der Waals surface area contributed by atoms with Gasteiger partial charge in [-0.15, -0.1) is 0 Å². The van der Waals surface area contributed by atoms with Crippen LogP contribution in [0.1, 0.15) is 11.3 Å². The molecule has 1 heterocycles. The number of nitrogens with zero attached hydrogens (tertiary/aromatic N) is 2. The van der Waals surface area contributed by atoms with E-state index in [2.05, 4.69) is 10.5 Å². The Balaban J connectivity index is 1.86. The van der Waals surface area contributed by atoms with Gasteiger partial charge >= 0.3 is 0 Å². The van der Waals surface area contributed by atoms with E-state index in [4.69, 9.17) is 9.15 Å². The Morgan fingerprint density at radius 2 is 1.83 bits per heavy atom. The smallest absolute Gasteiger partial charge is 0.264 e. The van der Waals surface area contributed by atoms with Gasteiger partial charge in [0, 0.05) is 0 Å². The van der Waals surface area contributed by atoms with Crippen LogP contribution in [0.15, 0.2) is 81.3 Å². The molecule has 0 bridgehead atoms. The topological polar surface area (TPSA) is 101 Å². The van der Waals surface area contributed by atoms with Crippen LogP contribution in [0.5, 0.6) is 5.75 Å². The number of sulfonamides is 1. The van der Waals surface area contributed by atoms with E-state index < -0.39 is 22.5 Å². The fourth-order valence-corrected chi connectivity index (χ4v) is 4.02. The lowest BCUT2D eigenvalue weighted by Gasteiger charge is -2.24. The van der Waals surface area contributed by atoms with Crippen molar-refractivity contribution in [1.29, 1.82) is 0 Å².